The maximum absolute atomic E-state index is 9.11. The predicted octanol–water partition coefficient (Wildman–Crippen LogP) is 3.03. The molecule has 0 saturated carbocycles. The lowest BCUT2D eigenvalue weighted by molar-refractivity contribution is 0.298. The van der Waals surface area contributed by atoms with Gasteiger partial charge in [-0.05, 0) is 26.8 Å². The Kier molecular flexibility index (Phi) is 5.99. The third-order valence-electron chi connectivity index (χ3n) is 2.49. The first kappa shape index (κ1) is 15.3. The number of hydrogen-bond donors (Lipinski definition) is 2. The quantitative estimate of drug-likeness (QED) is 0.846. The van der Waals surface area contributed by atoms with Crippen LogP contribution in [0.4, 0.5) is 11.6 Å². The highest BCUT2D eigenvalue weighted by molar-refractivity contribution is 6.37. The van der Waals surface area contributed by atoms with Gasteiger partial charge in [-0.1, -0.05) is 23.2 Å². The standard InChI is InChI=1S/C12H19Cl2N3O/c1-4-15-11-9(13)7-10(14)12(16-11)17(5-6-18)8(2)3/h7-8,18H,4-6H2,1-3H3,(H,15,16). The molecule has 1 aromatic rings. The highest BCUT2D eigenvalue weighted by Crippen LogP contribution is 2.32. The maximum Gasteiger partial charge on any atom is 0.150 e. The van der Waals surface area contributed by atoms with Gasteiger partial charge in [-0.15, -0.1) is 0 Å². The average molecular weight is 292 g/mol. The Hall–Kier alpha value is -0.710. The van der Waals surface area contributed by atoms with Crippen LogP contribution in [0.3, 0.4) is 0 Å². The molecule has 0 atom stereocenters. The fourth-order valence-electron chi connectivity index (χ4n) is 1.67. The molecular formula is C12H19Cl2N3O. The van der Waals surface area contributed by atoms with Crippen molar-refractivity contribution >= 4 is 34.8 Å². The molecule has 2 N–H and O–H groups in total. The summed E-state index contributed by atoms with van der Waals surface area (Å²) in [6, 6.07) is 1.87. The zero-order chi connectivity index (χ0) is 13.7. The van der Waals surface area contributed by atoms with E-state index in [4.69, 9.17) is 28.3 Å². The van der Waals surface area contributed by atoms with Gasteiger partial charge in [-0.2, -0.15) is 0 Å². The molecule has 0 aromatic carbocycles. The third-order valence-corrected chi connectivity index (χ3v) is 3.06. The first-order valence-electron chi connectivity index (χ1n) is 5.98. The molecule has 0 bridgehead atoms. The molecule has 1 heterocycles. The van der Waals surface area contributed by atoms with Crippen LogP contribution >= 0.6 is 23.2 Å². The van der Waals surface area contributed by atoms with Crippen LogP contribution in [-0.4, -0.2) is 35.8 Å². The molecule has 0 aliphatic rings. The highest BCUT2D eigenvalue weighted by Gasteiger charge is 2.17. The van der Waals surface area contributed by atoms with Crippen LogP contribution in [0.15, 0.2) is 6.07 Å². The van der Waals surface area contributed by atoms with Gasteiger partial charge in [-0.25, -0.2) is 4.98 Å². The van der Waals surface area contributed by atoms with Gasteiger partial charge in [0.2, 0.25) is 0 Å². The smallest absolute Gasteiger partial charge is 0.150 e. The summed E-state index contributed by atoms with van der Waals surface area (Å²) in [5.41, 5.74) is 0. The molecule has 1 aromatic heterocycles. The molecule has 0 amide bonds. The van der Waals surface area contributed by atoms with E-state index in [0.29, 0.717) is 28.2 Å². The monoisotopic (exact) mass is 291 g/mol. The van der Waals surface area contributed by atoms with Gasteiger partial charge in [0.05, 0.1) is 16.7 Å². The van der Waals surface area contributed by atoms with Gasteiger partial charge in [-0.3, -0.25) is 0 Å². The number of halogens is 2. The summed E-state index contributed by atoms with van der Waals surface area (Å²) in [6.45, 7) is 7.28. The summed E-state index contributed by atoms with van der Waals surface area (Å²) in [5.74, 6) is 1.25. The number of rotatable bonds is 6. The van der Waals surface area contributed by atoms with Crippen molar-refractivity contribution in [3.05, 3.63) is 16.1 Å². The number of hydrogen-bond acceptors (Lipinski definition) is 4. The van der Waals surface area contributed by atoms with Crippen LogP contribution in [0.1, 0.15) is 20.8 Å². The van der Waals surface area contributed by atoms with Crippen molar-refractivity contribution in [2.24, 2.45) is 0 Å². The SMILES string of the molecule is CCNc1nc(N(CCO)C(C)C)c(Cl)cc1Cl. The van der Waals surface area contributed by atoms with Gasteiger partial charge in [0.25, 0.3) is 0 Å². The van der Waals surface area contributed by atoms with Crippen molar-refractivity contribution in [2.75, 3.05) is 29.9 Å². The second kappa shape index (κ2) is 7.02. The van der Waals surface area contributed by atoms with Crippen molar-refractivity contribution in [1.82, 2.24) is 4.98 Å². The summed E-state index contributed by atoms with van der Waals surface area (Å²) < 4.78 is 0. The summed E-state index contributed by atoms with van der Waals surface area (Å²) in [5, 5.41) is 13.2. The van der Waals surface area contributed by atoms with Crippen molar-refractivity contribution < 1.29 is 5.11 Å². The summed E-state index contributed by atoms with van der Waals surface area (Å²) >= 11 is 12.2. The van der Waals surface area contributed by atoms with Crippen molar-refractivity contribution in [3.8, 4) is 0 Å². The van der Waals surface area contributed by atoms with Crippen molar-refractivity contribution in [3.63, 3.8) is 0 Å². The Morgan fingerprint density at radius 3 is 2.56 bits per heavy atom. The van der Waals surface area contributed by atoms with E-state index >= 15 is 0 Å². The van der Waals surface area contributed by atoms with Crippen molar-refractivity contribution in [2.45, 2.75) is 26.8 Å². The zero-order valence-electron chi connectivity index (χ0n) is 10.9. The molecule has 0 saturated heterocycles. The molecule has 1 rings (SSSR count). The van der Waals surface area contributed by atoms with Gasteiger partial charge in [0.1, 0.15) is 11.6 Å². The molecule has 0 fully saturated rings. The maximum atomic E-state index is 9.11. The van der Waals surface area contributed by atoms with Crippen LogP contribution in [0, 0.1) is 0 Å². The average Bonchev–Trinajstić information content (AvgIpc) is 2.30. The minimum Gasteiger partial charge on any atom is -0.395 e. The molecule has 0 aliphatic carbocycles. The van der Waals surface area contributed by atoms with Crippen LogP contribution in [0.25, 0.3) is 0 Å². The lowest BCUT2D eigenvalue weighted by atomic mass is 10.3. The second-order valence-electron chi connectivity index (χ2n) is 4.17. The first-order chi connectivity index (χ1) is 8.51. The van der Waals surface area contributed by atoms with Gasteiger partial charge in [0, 0.05) is 19.1 Å². The van der Waals surface area contributed by atoms with Gasteiger partial charge >= 0.3 is 0 Å². The molecule has 4 nitrogen and oxygen atoms in total. The molecular weight excluding hydrogens is 273 g/mol. The van der Waals surface area contributed by atoms with Crippen LogP contribution in [-0.2, 0) is 0 Å². The van der Waals surface area contributed by atoms with Crippen LogP contribution in [0.5, 0.6) is 0 Å². The van der Waals surface area contributed by atoms with E-state index in [0.717, 1.165) is 6.54 Å². The number of nitrogens with zero attached hydrogens (tertiary/aromatic N) is 2. The van der Waals surface area contributed by atoms with E-state index in [1.807, 2.05) is 25.7 Å². The predicted molar refractivity (Wildman–Crippen MR) is 78.0 cm³/mol. The first-order valence-corrected chi connectivity index (χ1v) is 6.74. The van der Waals surface area contributed by atoms with E-state index in [1.165, 1.54) is 0 Å². The van der Waals surface area contributed by atoms with E-state index in [-0.39, 0.29) is 12.6 Å². The lowest BCUT2D eigenvalue weighted by Gasteiger charge is -2.28. The fraction of sp³-hybridized carbons (Fsp3) is 0.583. The molecule has 18 heavy (non-hydrogen) atoms. The fourth-order valence-corrected chi connectivity index (χ4v) is 2.20. The number of nitrogens with one attached hydrogen (secondary N) is 1. The molecule has 0 spiro atoms. The minimum absolute atomic E-state index is 0.0509. The highest BCUT2D eigenvalue weighted by atomic mass is 35.5. The van der Waals surface area contributed by atoms with Crippen LogP contribution < -0.4 is 10.2 Å². The molecule has 0 radical (unpaired) electrons. The molecule has 6 heteroatoms. The number of aliphatic hydroxyl groups excluding tert-OH is 1. The number of aromatic nitrogens is 1. The van der Waals surface area contributed by atoms with E-state index in [9.17, 15) is 0 Å². The van der Waals surface area contributed by atoms with E-state index in [2.05, 4.69) is 10.3 Å². The summed E-state index contributed by atoms with van der Waals surface area (Å²) in [6.07, 6.45) is 0. The Morgan fingerprint density at radius 2 is 2.06 bits per heavy atom. The van der Waals surface area contributed by atoms with E-state index in [1.54, 1.807) is 6.07 Å². The second-order valence-corrected chi connectivity index (χ2v) is 4.98. The molecule has 102 valence electrons. The molecule has 0 aliphatic heterocycles. The summed E-state index contributed by atoms with van der Waals surface area (Å²) in [4.78, 5) is 6.39. The largest absolute Gasteiger partial charge is 0.395 e. The third kappa shape index (κ3) is 3.64. The van der Waals surface area contributed by atoms with Gasteiger partial charge in [0.15, 0.2) is 0 Å². The number of pyridine rings is 1. The van der Waals surface area contributed by atoms with E-state index < -0.39 is 0 Å². The lowest BCUT2D eigenvalue weighted by Crippen LogP contribution is -2.34. The van der Waals surface area contributed by atoms with Gasteiger partial charge < -0.3 is 15.3 Å². The Bertz CT molecular complexity index is 399. The Labute approximate surface area is 118 Å². The van der Waals surface area contributed by atoms with Crippen molar-refractivity contribution in [1.29, 1.82) is 0 Å². The summed E-state index contributed by atoms with van der Waals surface area (Å²) in [7, 11) is 0. The zero-order valence-corrected chi connectivity index (χ0v) is 12.4. The minimum atomic E-state index is 0.0509. The topological polar surface area (TPSA) is 48.4 Å². The Morgan fingerprint density at radius 1 is 1.39 bits per heavy atom. The number of aliphatic hydroxyl groups is 1. The normalized spacial score (nSPS) is 10.8. The number of anilines is 2. The molecule has 0 unspecified atom stereocenters. The van der Waals surface area contributed by atoms with Crippen LogP contribution in [0.2, 0.25) is 10.0 Å². The Balaban J connectivity index is 3.16.